The maximum absolute atomic E-state index is 12.7. The van der Waals surface area contributed by atoms with E-state index in [9.17, 15) is 4.79 Å². The van der Waals surface area contributed by atoms with E-state index in [2.05, 4.69) is 15.9 Å². The van der Waals surface area contributed by atoms with Crippen LogP contribution in [0.5, 0.6) is 0 Å². The Labute approximate surface area is 124 Å². The van der Waals surface area contributed by atoms with Crippen molar-refractivity contribution in [2.45, 2.75) is 6.92 Å². The number of halogens is 1. The molecule has 3 rings (SSSR count). The second-order valence-corrected chi connectivity index (χ2v) is 6.26. The van der Waals surface area contributed by atoms with E-state index in [4.69, 9.17) is 0 Å². The summed E-state index contributed by atoms with van der Waals surface area (Å²) in [7, 11) is 0. The first-order valence-corrected chi connectivity index (χ1v) is 7.61. The van der Waals surface area contributed by atoms with E-state index in [1.54, 1.807) is 11.3 Å². The normalized spacial score (nSPS) is 10.8. The summed E-state index contributed by atoms with van der Waals surface area (Å²) in [5.74, 6) is 0.0897. The Kier molecular flexibility index (Phi) is 3.25. The van der Waals surface area contributed by atoms with Gasteiger partial charge in [-0.2, -0.15) is 0 Å². The Bertz CT molecular complexity index is 773. The molecule has 0 N–H and O–H groups in total. The molecule has 0 amide bonds. The Hall–Kier alpha value is -1.45. The van der Waals surface area contributed by atoms with Gasteiger partial charge in [-0.3, -0.25) is 4.79 Å². The summed E-state index contributed by atoms with van der Waals surface area (Å²) in [5, 5.41) is 3.15. The van der Waals surface area contributed by atoms with Gasteiger partial charge in [0.05, 0.1) is 0 Å². The van der Waals surface area contributed by atoms with Crippen LogP contribution in [0.15, 0.2) is 52.3 Å². The Morgan fingerprint density at radius 1 is 1.11 bits per heavy atom. The third kappa shape index (κ3) is 2.24. The fourth-order valence-electron chi connectivity index (χ4n) is 2.16. The molecule has 0 saturated heterocycles. The van der Waals surface area contributed by atoms with Gasteiger partial charge in [-0.15, -0.1) is 11.3 Å². The summed E-state index contributed by atoms with van der Waals surface area (Å²) < 4.78 is 1.99. The van der Waals surface area contributed by atoms with Gasteiger partial charge in [-0.25, -0.2) is 0 Å². The van der Waals surface area contributed by atoms with Crippen molar-refractivity contribution < 1.29 is 4.79 Å². The molecule has 19 heavy (non-hydrogen) atoms. The van der Waals surface area contributed by atoms with E-state index in [-0.39, 0.29) is 5.78 Å². The zero-order chi connectivity index (χ0) is 13.4. The van der Waals surface area contributed by atoms with Crippen LogP contribution in [0.1, 0.15) is 21.5 Å². The number of fused-ring (bicyclic) bond motifs is 1. The molecule has 0 fully saturated rings. The topological polar surface area (TPSA) is 17.1 Å². The van der Waals surface area contributed by atoms with Crippen LogP contribution in [-0.4, -0.2) is 5.78 Å². The molecule has 1 aromatic heterocycles. The number of aryl methyl sites for hydroxylation is 1. The van der Waals surface area contributed by atoms with E-state index >= 15 is 0 Å². The van der Waals surface area contributed by atoms with Gasteiger partial charge in [0.15, 0.2) is 5.78 Å². The van der Waals surface area contributed by atoms with Crippen molar-refractivity contribution in [2.75, 3.05) is 0 Å². The summed E-state index contributed by atoms with van der Waals surface area (Å²) in [6.45, 7) is 1.97. The third-order valence-corrected chi connectivity index (χ3v) is 4.62. The first kappa shape index (κ1) is 12.6. The van der Waals surface area contributed by atoms with Crippen LogP contribution >= 0.6 is 27.3 Å². The van der Waals surface area contributed by atoms with Gasteiger partial charge in [0.1, 0.15) is 0 Å². The third-order valence-electron chi connectivity index (χ3n) is 3.17. The molecule has 3 aromatic rings. The molecule has 0 aliphatic carbocycles. The van der Waals surface area contributed by atoms with Crippen LogP contribution in [0, 0.1) is 6.92 Å². The van der Waals surface area contributed by atoms with E-state index in [1.165, 1.54) is 0 Å². The summed E-state index contributed by atoms with van der Waals surface area (Å²) in [6.07, 6.45) is 0. The van der Waals surface area contributed by atoms with Crippen LogP contribution in [0.4, 0.5) is 0 Å². The quantitative estimate of drug-likeness (QED) is 0.590. The summed E-state index contributed by atoms with van der Waals surface area (Å²) in [6, 6.07) is 13.7. The van der Waals surface area contributed by atoms with Crippen LogP contribution < -0.4 is 0 Å². The van der Waals surface area contributed by atoms with Crippen molar-refractivity contribution in [3.8, 4) is 0 Å². The summed E-state index contributed by atoms with van der Waals surface area (Å²) >= 11 is 5.04. The Balaban J connectivity index is 2.19. The lowest BCUT2D eigenvalue weighted by atomic mass is 9.98. The number of benzene rings is 2. The van der Waals surface area contributed by atoms with Crippen molar-refractivity contribution in [1.29, 1.82) is 0 Å². The molecular weight excluding hydrogens is 320 g/mol. The van der Waals surface area contributed by atoms with E-state index in [0.29, 0.717) is 0 Å². The maximum atomic E-state index is 12.7. The smallest absolute Gasteiger partial charge is 0.194 e. The molecule has 0 spiro atoms. The van der Waals surface area contributed by atoms with Gasteiger partial charge in [0.2, 0.25) is 0 Å². The minimum absolute atomic E-state index is 0.0897. The first-order chi connectivity index (χ1) is 9.16. The highest BCUT2D eigenvalue weighted by Gasteiger charge is 2.15. The number of carbonyl (C=O) groups is 1. The standard InChI is InChI=1S/C16H11BrOS/c1-10-5-6-12(17)9-14(10)15(18)13-4-2-3-11-7-8-19-16(11)13/h2-9H,1H3. The van der Waals surface area contributed by atoms with Crippen molar-refractivity contribution in [1.82, 2.24) is 0 Å². The average molecular weight is 331 g/mol. The molecule has 0 saturated carbocycles. The molecule has 0 radical (unpaired) electrons. The molecular formula is C16H11BrOS. The van der Waals surface area contributed by atoms with Crippen molar-refractivity contribution in [3.63, 3.8) is 0 Å². The lowest BCUT2D eigenvalue weighted by Crippen LogP contribution is -2.03. The SMILES string of the molecule is Cc1ccc(Br)cc1C(=O)c1cccc2ccsc12. The van der Waals surface area contributed by atoms with Crippen molar-refractivity contribution >= 4 is 43.1 Å². The molecule has 94 valence electrons. The average Bonchev–Trinajstić information content (AvgIpc) is 2.89. The lowest BCUT2D eigenvalue weighted by Gasteiger charge is -2.06. The Morgan fingerprint density at radius 2 is 1.95 bits per heavy atom. The van der Waals surface area contributed by atoms with E-state index in [0.717, 1.165) is 31.2 Å². The molecule has 1 heterocycles. The number of carbonyl (C=O) groups excluding carboxylic acids is 1. The lowest BCUT2D eigenvalue weighted by molar-refractivity contribution is 0.104. The fraction of sp³-hybridized carbons (Fsp3) is 0.0625. The summed E-state index contributed by atoms with van der Waals surface area (Å²) in [5.41, 5.74) is 2.55. The zero-order valence-corrected chi connectivity index (χ0v) is 12.7. The van der Waals surface area contributed by atoms with Crippen LogP contribution in [-0.2, 0) is 0 Å². The van der Waals surface area contributed by atoms with Crippen LogP contribution in [0.25, 0.3) is 10.1 Å². The molecule has 1 nitrogen and oxygen atoms in total. The second kappa shape index (κ2) is 4.91. The van der Waals surface area contributed by atoms with Gasteiger partial charge < -0.3 is 0 Å². The number of hydrogen-bond acceptors (Lipinski definition) is 2. The van der Waals surface area contributed by atoms with Gasteiger partial charge in [-0.05, 0) is 47.5 Å². The molecule has 3 heteroatoms. The number of rotatable bonds is 2. The number of hydrogen-bond donors (Lipinski definition) is 0. The van der Waals surface area contributed by atoms with E-state index in [1.807, 2.05) is 54.8 Å². The summed E-state index contributed by atoms with van der Waals surface area (Å²) in [4.78, 5) is 12.7. The van der Waals surface area contributed by atoms with Crippen molar-refractivity contribution in [3.05, 3.63) is 69.0 Å². The maximum Gasteiger partial charge on any atom is 0.194 e. The monoisotopic (exact) mass is 330 g/mol. The second-order valence-electron chi connectivity index (χ2n) is 4.43. The van der Waals surface area contributed by atoms with Crippen LogP contribution in [0.2, 0.25) is 0 Å². The largest absolute Gasteiger partial charge is 0.289 e. The highest BCUT2D eigenvalue weighted by atomic mass is 79.9. The predicted molar refractivity (Wildman–Crippen MR) is 84.1 cm³/mol. The molecule has 0 bridgehead atoms. The molecule has 0 aliphatic rings. The Morgan fingerprint density at radius 3 is 2.79 bits per heavy atom. The molecule has 0 aliphatic heterocycles. The zero-order valence-electron chi connectivity index (χ0n) is 10.3. The number of thiophene rings is 1. The molecule has 0 atom stereocenters. The number of ketones is 1. The van der Waals surface area contributed by atoms with Gasteiger partial charge in [0.25, 0.3) is 0 Å². The minimum atomic E-state index is 0.0897. The van der Waals surface area contributed by atoms with Gasteiger partial charge >= 0.3 is 0 Å². The van der Waals surface area contributed by atoms with Gasteiger partial charge in [-0.1, -0.05) is 34.1 Å². The first-order valence-electron chi connectivity index (χ1n) is 5.94. The van der Waals surface area contributed by atoms with Gasteiger partial charge in [0, 0.05) is 20.3 Å². The minimum Gasteiger partial charge on any atom is -0.289 e. The fourth-order valence-corrected chi connectivity index (χ4v) is 3.43. The molecule has 2 aromatic carbocycles. The molecule has 0 unspecified atom stereocenters. The van der Waals surface area contributed by atoms with E-state index < -0.39 is 0 Å². The van der Waals surface area contributed by atoms with Crippen LogP contribution in [0.3, 0.4) is 0 Å². The van der Waals surface area contributed by atoms with Crippen molar-refractivity contribution in [2.24, 2.45) is 0 Å². The predicted octanol–water partition coefficient (Wildman–Crippen LogP) is 5.20. The highest BCUT2D eigenvalue weighted by molar-refractivity contribution is 9.10. The highest BCUT2D eigenvalue weighted by Crippen LogP contribution is 2.28.